The van der Waals surface area contributed by atoms with Gasteiger partial charge in [-0.2, -0.15) is 0 Å². The summed E-state index contributed by atoms with van der Waals surface area (Å²) in [6.07, 6.45) is 4.13. The molecule has 0 aromatic rings. The second kappa shape index (κ2) is 7.31. The molecule has 0 spiro atoms. The van der Waals surface area contributed by atoms with Gasteiger partial charge in [0.25, 0.3) is 0 Å². The molecule has 0 saturated heterocycles. The van der Waals surface area contributed by atoms with Gasteiger partial charge in [0.05, 0.1) is 6.54 Å². The quantitative estimate of drug-likeness (QED) is 0.745. The fourth-order valence-electron chi connectivity index (χ4n) is 1.95. The van der Waals surface area contributed by atoms with Gasteiger partial charge in [-0.1, -0.05) is 28.1 Å². The summed E-state index contributed by atoms with van der Waals surface area (Å²) in [7, 11) is 3.35. The lowest BCUT2D eigenvalue weighted by molar-refractivity contribution is -0.118. The second-order valence-electron chi connectivity index (χ2n) is 4.36. The summed E-state index contributed by atoms with van der Waals surface area (Å²) < 4.78 is 11.7. The first-order valence-corrected chi connectivity index (χ1v) is 6.72. The highest BCUT2D eigenvalue weighted by Crippen LogP contribution is 2.24. The van der Waals surface area contributed by atoms with Crippen molar-refractivity contribution in [3.8, 4) is 0 Å². The fraction of sp³-hybridized carbons (Fsp3) is 0.692. The maximum Gasteiger partial charge on any atom is 0.169 e. The molecule has 1 heterocycles. The van der Waals surface area contributed by atoms with Crippen LogP contribution in [0.5, 0.6) is 0 Å². The highest BCUT2D eigenvalue weighted by atomic mass is 79.9. The third-order valence-corrected chi connectivity index (χ3v) is 4.03. The van der Waals surface area contributed by atoms with Gasteiger partial charge in [-0.05, 0) is 32.4 Å². The number of ether oxygens (including phenoxy) is 2. The van der Waals surface area contributed by atoms with E-state index in [2.05, 4.69) is 40.4 Å². The molecule has 17 heavy (non-hydrogen) atoms. The molecule has 3 nitrogen and oxygen atoms in total. The van der Waals surface area contributed by atoms with E-state index in [0.717, 1.165) is 25.9 Å². The fourth-order valence-corrected chi connectivity index (χ4v) is 2.56. The third-order valence-electron chi connectivity index (χ3n) is 3.14. The van der Waals surface area contributed by atoms with E-state index in [-0.39, 0.29) is 6.29 Å². The first-order chi connectivity index (χ1) is 8.08. The Morgan fingerprint density at radius 1 is 1.53 bits per heavy atom. The summed E-state index contributed by atoms with van der Waals surface area (Å²) in [6, 6.07) is 0.333. The van der Waals surface area contributed by atoms with Gasteiger partial charge in [0.1, 0.15) is 0 Å². The molecule has 0 bridgehead atoms. The zero-order valence-corrected chi connectivity index (χ0v) is 12.5. The van der Waals surface area contributed by atoms with Crippen molar-refractivity contribution in [1.29, 1.82) is 0 Å². The zero-order valence-electron chi connectivity index (χ0n) is 10.9. The number of rotatable bonds is 4. The van der Waals surface area contributed by atoms with E-state index in [1.54, 1.807) is 14.2 Å². The van der Waals surface area contributed by atoms with Crippen LogP contribution in [0.15, 0.2) is 22.7 Å². The SMILES string of the molecule is C=C1/C=C(/Br)C(C)N(CC(OC)OC)CCC1. The lowest BCUT2D eigenvalue weighted by atomic mass is 10.1. The van der Waals surface area contributed by atoms with Gasteiger partial charge in [-0.15, -0.1) is 0 Å². The summed E-state index contributed by atoms with van der Waals surface area (Å²) in [5.74, 6) is 0. The van der Waals surface area contributed by atoms with Gasteiger partial charge in [0, 0.05) is 24.7 Å². The first-order valence-electron chi connectivity index (χ1n) is 5.93. The molecule has 0 N–H and O–H groups in total. The monoisotopic (exact) mass is 303 g/mol. The van der Waals surface area contributed by atoms with Gasteiger partial charge in [-0.3, -0.25) is 4.90 Å². The van der Waals surface area contributed by atoms with Crippen LogP contribution in [0.4, 0.5) is 0 Å². The van der Waals surface area contributed by atoms with Crippen molar-refractivity contribution in [2.75, 3.05) is 27.3 Å². The van der Waals surface area contributed by atoms with Crippen LogP contribution in [0.25, 0.3) is 0 Å². The molecule has 0 fully saturated rings. The number of halogens is 1. The van der Waals surface area contributed by atoms with Crippen LogP contribution in [-0.4, -0.2) is 44.5 Å². The predicted octanol–water partition coefficient (Wildman–Crippen LogP) is 2.92. The minimum absolute atomic E-state index is 0.166. The molecule has 0 saturated carbocycles. The summed E-state index contributed by atoms with van der Waals surface area (Å²) in [5.41, 5.74) is 1.19. The molecule has 0 aromatic heterocycles. The van der Waals surface area contributed by atoms with Gasteiger partial charge in [-0.25, -0.2) is 0 Å². The van der Waals surface area contributed by atoms with E-state index in [9.17, 15) is 0 Å². The van der Waals surface area contributed by atoms with Crippen molar-refractivity contribution in [2.24, 2.45) is 0 Å². The van der Waals surface area contributed by atoms with E-state index in [0.29, 0.717) is 6.04 Å². The molecule has 1 aliphatic heterocycles. The molecular weight excluding hydrogens is 282 g/mol. The lowest BCUT2D eigenvalue weighted by Crippen LogP contribution is -2.41. The Kier molecular flexibility index (Phi) is 6.41. The molecule has 0 aliphatic carbocycles. The minimum atomic E-state index is -0.166. The van der Waals surface area contributed by atoms with E-state index in [1.807, 2.05) is 0 Å². The van der Waals surface area contributed by atoms with Gasteiger partial charge in [0.15, 0.2) is 6.29 Å². The van der Waals surface area contributed by atoms with E-state index < -0.39 is 0 Å². The third kappa shape index (κ3) is 4.54. The summed E-state index contributed by atoms with van der Waals surface area (Å²) >= 11 is 3.63. The Morgan fingerprint density at radius 2 is 2.18 bits per heavy atom. The van der Waals surface area contributed by atoms with Crippen LogP contribution in [0.1, 0.15) is 19.8 Å². The Labute approximate surface area is 113 Å². The van der Waals surface area contributed by atoms with E-state index >= 15 is 0 Å². The number of nitrogens with zero attached hydrogens (tertiary/aromatic N) is 1. The summed E-state index contributed by atoms with van der Waals surface area (Å²) in [5, 5.41) is 0. The molecule has 0 aromatic carbocycles. The van der Waals surface area contributed by atoms with Gasteiger partial charge < -0.3 is 9.47 Å². The topological polar surface area (TPSA) is 21.7 Å². The Balaban J connectivity index is 2.70. The Morgan fingerprint density at radius 3 is 2.76 bits per heavy atom. The second-order valence-corrected chi connectivity index (χ2v) is 5.28. The van der Waals surface area contributed by atoms with Crippen molar-refractivity contribution < 1.29 is 9.47 Å². The number of methoxy groups -OCH3 is 2. The number of hydrogen-bond donors (Lipinski definition) is 0. The van der Waals surface area contributed by atoms with Crippen LogP contribution < -0.4 is 0 Å². The first kappa shape index (κ1) is 14.9. The van der Waals surface area contributed by atoms with Gasteiger partial charge >= 0.3 is 0 Å². The lowest BCUT2D eigenvalue weighted by Gasteiger charge is -2.32. The molecule has 1 unspecified atom stereocenters. The molecule has 0 radical (unpaired) electrons. The van der Waals surface area contributed by atoms with Crippen molar-refractivity contribution >= 4 is 15.9 Å². The number of hydrogen-bond acceptors (Lipinski definition) is 3. The minimum Gasteiger partial charge on any atom is -0.355 e. The smallest absolute Gasteiger partial charge is 0.169 e. The standard InChI is InChI=1S/C13H22BrNO2/c1-10-6-5-7-15(9-13(16-3)17-4)11(2)12(14)8-10/h8,11,13H,1,5-7,9H2,2-4H3/b12-8+. The molecule has 4 heteroatoms. The average molecular weight is 304 g/mol. The summed E-state index contributed by atoms with van der Waals surface area (Å²) in [4.78, 5) is 2.37. The van der Waals surface area contributed by atoms with E-state index in [4.69, 9.17) is 9.47 Å². The zero-order chi connectivity index (χ0) is 12.8. The van der Waals surface area contributed by atoms with Crippen LogP contribution in [-0.2, 0) is 9.47 Å². The molecule has 1 aliphatic rings. The van der Waals surface area contributed by atoms with Crippen LogP contribution in [0.3, 0.4) is 0 Å². The Bertz CT molecular complexity index is 287. The van der Waals surface area contributed by atoms with Crippen molar-refractivity contribution in [3.05, 3.63) is 22.7 Å². The van der Waals surface area contributed by atoms with E-state index in [1.165, 1.54) is 10.1 Å². The molecule has 0 amide bonds. The van der Waals surface area contributed by atoms with Crippen molar-refractivity contribution in [3.63, 3.8) is 0 Å². The summed E-state index contributed by atoms with van der Waals surface area (Å²) in [6.45, 7) is 8.04. The van der Waals surface area contributed by atoms with Crippen LogP contribution in [0.2, 0.25) is 0 Å². The van der Waals surface area contributed by atoms with Crippen LogP contribution >= 0.6 is 15.9 Å². The normalized spacial score (nSPS) is 26.5. The van der Waals surface area contributed by atoms with Gasteiger partial charge in [0.2, 0.25) is 0 Å². The highest BCUT2D eigenvalue weighted by Gasteiger charge is 2.21. The maximum absolute atomic E-state index is 5.26. The molecule has 1 rings (SSSR count). The predicted molar refractivity (Wildman–Crippen MR) is 74.2 cm³/mol. The molecule has 1 atom stereocenters. The highest BCUT2D eigenvalue weighted by molar-refractivity contribution is 9.11. The number of allylic oxidation sites excluding steroid dienone is 2. The molecular formula is C13H22BrNO2. The van der Waals surface area contributed by atoms with Crippen molar-refractivity contribution in [1.82, 2.24) is 4.90 Å². The largest absolute Gasteiger partial charge is 0.355 e. The van der Waals surface area contributed by atoms with Crippen molar-refractivity contribution in [2.45, 2.75) is 32.1 Å². The Hall–Kier alpha value is -0.160. The van der Waals surface area contributed by atoms with Crippen LogP contribution in [0, 0.1) is 0 Å². The average Bonchev–Trinajstić information content (AvgIpc) is 2.31. The maximum atomic E-state index is 5.26. The molecule has 98 valence electrons.